The van der Waals surface area contributed by atoms with Crippen LogP contribution in [0.4, 0.5) is 23.4 Å². The van der Waals surface area contributed by atoms with E-state index >= 15 is 4.39 Å². The van der Waals surface area contributed by atoms with Crippen LogP contribution in [0.2, 0.25) is 0 Å². The smallest absolute Gasteiger partial charge is 0.425 e. The molecule has 1 aliphatic rings. The van der Waals surface area contributed by atoms with Gasteiger partial charge in [0.1, 0.15) is 23.1 Å². The molecule has 0 bridgehead atoms. The van der Waals surface area contributed by atoms with Crippen LogP contribution in [0, 0.1) is 12.7 Å². The van der Waals surface area contributed by atoms with Crippen molar-refractivity contribution in [2.75, 3.05) is 5.32 Å². The van der Waals surface area contributed by atoms with E-state index in [9.17, 15) is 22.8 Å². The first-order valence-electron chi connectivity index (χ1n) is 10.1. The molecule has 13 heteroatoms. The molecule has 2 N–H and O–H groups in total. The SMILES string of the molecule is Cc1[nH]cnc1NC(=O)c1cc(F)c(-n2nc3n(c2=O)CCCC3)cc1OC(C)C(F)(F)F. The Labute approximate surface area is 184 Å². The maximum absolute atomic E-state index is 15.1. The lowest BCUT2D eigenvalue weighted by molar-refractivity contribution is -0.189. The molecule has 1 amide bonds. The molecule has 4 rings (SSSR count). The van der Waals surface area contributed by atoms with E-state index < -0.39 is 46.7 Å². The molecule has 2 aromatic heterocycles. The molecule has 3 heterocycles. The Kier molecular flexibility index (Phi) is 5.72. The number of rotatable bonds is 5. The third-order valence-electron chi connectivity index (χ3n) is 5.32. The average Bonchev–Trinajstić information content (AvgIpc) is 3.31. The number of amides is 1. The standard InChI is InChI=1S/C20H20F4N6O3/c1-10-17(26-9-25-10)27-18(31)12-7-13(21)14(8-15(12)33-11(2)20(22,23)24)30-19(32)29-6-4-3-5-16(29)28-30/h7-9,11H,3-6H2,1-2H3,(H,25,26)(H,27,31). The third kappa shape index (κ3) is 4.34. The predicted molar refractivity (Wildman–Crippen MR) is 108 cm³/mol. The highest BCUT2D eigenvalue weighted by Gasteiger charge is 2.39. The number of imidazole rings is 1. The number of carbonyl (C=O) groups is 1. The van der Waals surface area contributed by atoms with Crippen LogP contribution in [0.1, 0.15) is 41.6 Å². The van der Waals surface area contributed by atoms with Gasteiger partial charge < -0.3 is 15.0 Å². The number of H-pyrrole nitrogens is 1. The largest absolute Gasteiger partial charge is 0.480 e. The van der Waals surface area contributed by atoms with Gasteiger partial charge in [-0.25, -0.2) is 14.2 Å². The number of nitrogens with zero attached hydrogens (tertiary/aromatic N) is 4. The maximum Gasteiger partial charge on any atom is 0.425 e. The van der Waals surface area contributed by atoms with Gasteiger partial charge in [0, 0.05) is 19.0 Å². The van der Waals surface area contributed by atoms with Gasteiger partial charge in [0.2, 0.25) is 0 Å². The zero-order valence-electron chi connectivity index (χ0n) is 17.7. The quantitative estimate of drug-likeness (QED) is 0.560. The minimum atomic E-state index is -4.74. The van der Waals surface area contributed by atoms with E-state index in [2.05, 4.69) is 20.4 Å². The molecule has 176 valence electrons. The summed E-state index contributed by atoms with van der Waals surface area (Å²) >= 11 is 0. The van der Waals surface area contributed by atoms with Crippen molar-refractivity contribution in [3.8, 4) is 11.4 Å². The number of aryl methyl sites for hydroxylation is 2. The molecule has 9 nitrogen and oxygen atoms in total. The number of ether oxygens (including phenoxy) is 1. The van der Waals surface area contributed by atoms with Gasteiger partial charge in [0.25, 0.3) is 5.91 Å². The highest BCUT2D eigenvalue weighted by Crippen LogP contribution is 2.31. The first kappa shape index (κ1) is 22.6. The van der Waals surface area contributed by atoms with Crippen LogP contribution in [-0.4, -0.2) is 42.5 Å². The molecular weight excluding hydrogens is 448 g/mol. The van der Waals surface area contributed by atoms with Crippen LogP contribution in [0.15, 0.2) is 23.3 Å². The first-order valence-corrected chi connectivity index (χ1v) is 10.1. The highest BCUT2D eigenvalue weighted by atomic mass is 19.4. The fourth-order valence-electron chi connectivity index (χ4n) is 3.45. The van der Waals surface area contributed by atoms with Crippen LogP contribution in [0.3, 0.4) is 0 Å². The molecule has 0 saturated carbocycles. The fraction of sp³-hybridized carbons (Fsp3) is 0.400. The van der Waals surface area contributed by atoms with Gasteiger partial charge in [-0.3, -0.25) is 9.36 Å². The topological polar surface area (TPSA) is 107 Å². The van der Waals surface area contributed by atoms with Crippen LogP contribution in [0.25, 0.3) is 5.69 Å². The minimum absolute atomic E-state index is 0.123. The fourth-order valence-corrected chi connectivity index (χ4v) is 3.45. The molecule has 1 aliphatic heterocycles. The monoisotopic (exact) mass is 468 g/mol. The molecule has 0 aliphatic carbocycles. The number of nitrogens with one attached hydrogen (secondary N) is 2. The van der Waals surface area contributed by atoms with E-state index in [1.807, 2.05) is 0 Å². The normalized spacial score (nSPS) is 14.6. The molecule has 3 aromatic rings. The van der Waals surface area contributed by atoms with Crippen molar-refractivity contribution in [3.63, 3.8) is 0 Å². The number of hydrogen-bond donors (Lipinski definition) is 2. The molecule has 0 fully saturated rings. The number of carbonyl (C=O) groups excluding carboxylic acids is 1. The van der Waals surface area contributed by atoms with Crippen molar-refractivity contribution in [1.29, 1.82) is 0 Å². The highest BCUT2D eigenvalue weighted by molar-refractivity contribution is 6.06. The molecule has 1 unspecified atom stereocenters. The van der Waals surface area contributed by atoms with Gasteiger partial charge in [-0.15, -0.1) is 5.10 Å². The predicted octanol–water partition coefficient (Wildman–Crippen LogP) is 3.12. The number of fused-ring (bicyclic) bond motifs is 1. The Morgan fingerprint density at radius 1 is 1.30 bits per heavy atom. The third-order valence-corrected chi connectivity index (χ3v) is 5.32. The van der Waals surface area contributed by atoms with Crippen molar-refractivity contribution in [2.45, 2.75) is 51.9 Å². The van der Waals surface area contributed by atoms with Crippen molar-refractivity contribution < 1.29 is 27.1 Å². The molecule has 0 radical (unpaired) electrons. The first-order chi connectivity index (χ1) is 15.6. The van der Waals surface area contributed by atoms with E-state index in [1.54, 1.807) is 6.92 Å². The molecule has 33 heavy (non-hydrogen) atoms. The Bertz CT molecular complexity index is 1260. The van der Waals surface area contributed by atoms with Crippen molar-refractivity contribution in [1.82, 2.24) is 24.3 Å². The molecule has 1 atom stereocenters. The number of aromatic amines is 1. The Morgan fingerprint density at radius 2 is 2.06 bits per heavy atom. The summed E-state index contributed by atoms with van der Waals surface area (Å²) in [6.07, 6.45) is -3.66. The van der Waals surface area contributed by atoms with Crippen molar-refractivity contribution >= 4 is 11.7 Å². The van der Waals surface area contributed by atoms with E-state index in [-0.39, 0.29) is 5.82 Å². The number of halogens is 4. The van der Waals surface area contributed by atoms with Gasteiger partial charge in [-0.05, 0) is 32.8 Å². The van der Waals surface area contributed by atoms with Gasteiger partial charge >= 0.3 is 11.9 Å². The summed E-state index contributed by atoms with van der Waals surface area (Å²) < 4.78 is 61.7. The second-order valence-corrected chi connectivity index (χ2v) is 7.65. The lowest BCUT2D eigenvalue weighted by Crippen LogP contribution is -2.32. The molecule has 0 spiro atoms. The zero-order chi connectivity index (χ0) is 23.9. The summed E-state index contributed by atoms with van der Waals surface area (Å²) in [5.74, 6) is -1.94. The van der Waals surface area contributed by atoms with Crippen LogP contribution in [0.5, 0.6) is 5.75 Å². The van der Waals surface area contributed by atoms with E-state index in [0.717, 1.165) is 36.6 Å². The maximum atomic E-state index is 15.1. The van der Waals surface area contributed by atoms with Gasteiger partial charge in [-0.2, -0.15) is 17.9 Å². The number of hydrogen-bond acceptors (Lipinski definition) is 5. The van der Waals surface area contributed by atoms with Crippen LogP contribution in [-0.2, 0) is 13.0 Å². The summed E-state index contributed by atoms with van der Waals surface area (Å²) in [5.41, 5.74) is -1.05. The molecular formula is C20H20F4N6O3. The Hall–Kier alpha value is -3.64. The Morgan fingerprint density at radius 3 is 2.70 bits per heavy atom. The summed E-state index contributed by atoms with van der Waals surface area (Å²) in [6, 6.07) is 1.60. The minimum Gasteiger partial charge on any atom is -0.480 e. The van der Waals surface area contributed by atoms with Gasteiger partial charge in [0.15, 0.2) is 11.9 Å². The molecule has 1 aromatic carbocycles. The van der Waals surface area contributed by atoms with E-state index in [0.29, 0.717) is 24.5 Å². The van der Waals surface area contributed by atoms with Crippen LogP contribution < -0.4 is 15.7 Å². The second kappa shape index (κ2) is 8.37. The number of alkyl halides is 3. The lowest BCUT2D eigenvalue weighted by atomic mass is 10.1. The van der Waals surface area contributed by atoms with Crippen molar-refractivity contribution in [3.05, 3.63) is 51.8 Å². The summed E-state index contributed by atoms with van der Waals surface area (Å²) in [6.45, 7) is 2.78. The number of aromatic nitrogens is 5. The summed E-state index contributed by atoms with van der Waals surface area (Å²) in [4.78, 5) is 32.1. The number of anilines is 1. The van der Waals surface area contributed by atoms with Gasteiger partial charge in [0.05, 0.1) is 17.6 Å². The summed E-state index contributed by atoms with van der Waals surface area (Å²) in [7, 11) is 0. The van der Waals surface area contributed by atoms with E-state index in [4.69, 9.17) is 4.74 Å². The Balaban J connectivity index is 1.79. The average molecular weight is 468 g/mol. The van der Waals surface area contributed by atoms with E-state index in [1.165, 1.54) is 10.9 Å². The summed E-state index contributed by atoms with van der Waals surface area (Å²) in [5, 5.41) is 6.53. The lowest BCUT2D eigenvalue weighted by Gasteiger charge is -2.20. The van der Waals surface area contributed by atoms with Crippen LogP contribution >= 0.6 is 0 Å². The second-order valence-electron chi connectivity index (χ2n) is 7.65. The van der Waals surface area contributed by atoms with Crippen molar-refractivity contribution in [2.24, 2.45) is 0 Å². The molecule has 0 saturated heterocycles. The van der Waals surface area contributed by atoms with Gasteiger partial charge in [-0.1, -0.05) is 0 Å². The number of benzene rings is 1. The zero-order valence-corrected chi connectivity index (χ0v) is 17.7.